The van der Waals surface area contributed by atoms with Gasteiger partial charge in [-0.2, -0.15) is 4.31 Å². The Bertz CT molecular complexity index is 1080. The van der Waals surface area contributed by atoms with E-state index in [1.54, 1.807) is 55.6 Å². The Kier molecular flexibility index (Phi) is 9.04. The number of ether oxygens (including phenoxy) is 1. The van der Waals surface area contributed by atoms with Crippen LogP contribution in [-0.4, -0.2) is 43.4 Å². The molecule has 0 heterocycles. The Balaban J connectivity index is 1.55. The maximum absolute atomic E-state index is 13.0. The van der Waals surface area contributed by atoms with Gasteiger partial charge >= 0.3 is 0 Å². The first-order valence-electron chi connectivity index (χ1n) is 11.6. The molecule has 0 aromatic heterocycles. The Morgan fingerprint density at radius 2 is 1.68 bits per heavy atom. The van der Waals surface area contributed by atoms with E-state index >= 15 is 0 Å². The lowest BCUT2D eigenvalue weighted by atomic mass is 9.96. The molecule has 0 bridgehead atoms. The number of amides is 1. The van der Waals surface area contributed by atoms with Crippen molar-refractivity contribution in [2.24, 2.45) is 5.92 Å². The second-order valence-corrected chi connectivity index (χ2v) is 11.4. The van der Waals surface area contributed by atoms with Gasteiger partial charge in [0, 0.05) is 24.3 Å². The van der Waals surface area contributed by atoms with Crippen molar-refractivity contribution in [2.75, 3.05) is 19.0 Å². The molecule has 2 aromatic carbocycles. The number of nitrogens with one attached hydrogen (secondary N) is 2. The lowest BCUT2D eigenvalue weighted by Crippen LogP contribution is -2.38. The predicted molar refractivity (Wildman–Crippen MR) is 139 cm³/mol. The highest BCUT2D eigenvalue weighted by Crippen LogP contribution is 2.27. The first-order chi connectivity index (χ1) is 16.2. The molecule has 3 rings (SSSR count). The molecule has 7 nitrogen and oxygen atoms in total. The van der Waals surface area contributed by atoms with Crippen molar-refractivity contribution < 1.29 is 17.9 Å². The van der Waals surface area contributed by atoms with Crippen LogP contribution in [0.4, 0.5) is 5.69 Å². The minimum atomic E-state index is -3.56. The topological polar surface area (TPSA) is 87.7 Å². The van der Waals surface area contributed by atoms with Crippen molar-refractivity contribution >= 4 is 38.9 Å². The maximum atomic E-state index is 13.0. The van der Waals surface area contributed by atoms with Gasteiger partial charge in [-0.3, -0.25) is 10.1 Å². The average Bonchev–Trinajstić information content (AvgIpc) is 2.83. The summed E-state index contributed by atoms with van der Waals surface area (Å²) in [5.41, 5.74) is 1.04. The van der Waals surface area contributed by atoms with Gasteiger partial charge in [0.15, 0.2) is 5.11 Å². The highest BCUT2D eigenvalue weighted by Gasteiger charge is 2.28. The summed E-state index contributed by atoms with van der Waals surface area (Å²) in [5, 5.41) is 5.68. The molecule has 2 N–H and O–H groups in total. The molecule has 184 valence electrons. The van der Waals surface area contributed by atoms with Crippen LogP contribution in [0.1, 0.15) is 56.3 Å². The quantitative estimate of drug-likeness (QED) is 0.503. The number of hydrogen-bond acceptors (Lipinski definition) is 5. The molecule has 0 unspecified atom stereocenters. The maximum Gasteiger partial charge on any atom is 0.257 e. The summed E-state index contributed by atoms with van der Waals surface area (Å²) in [6, 6.07) is 13.3. The number of carbonyl (C=O) groups is 1. The predicted octanol–water partition coefficient (Wildman–Crippen LogP) is 4.80. The molecule has 0 atom stereocenters. The molecule has 0 radical (unpaired) electrons. The molecular weight excluding hydrogens is 470 g/mol. The minimum absolute atomic E-state index is 0.0511. The third kappa shape index (κ3) is 7.01. The number of nitrogens with zero attached hydrogens (tertiary/aromatic N) is 1. The molecule has 0 aliphatic heterocycles. The van der Waals surface area contributed by atoms with Crippen LogP contribution in [-0.2, 0) is 10.0 Å². The zero-order valence-electron chi connectivity index (χ0n) is 19.9. The first kappa shape index (κ1) is 26.1. The molecule has 0 spiro atoms. The summed E-state index contributed by atoms with van der Waals surface area (Å²) < 4.78 is 33.1. The van der Waals surface area contributed by atoms with Crippen LogP contribution >= 0.6 is 12.2 Å². The van der Waals surface area contributed by atoms with Crippen molar-refractivity contribution in [1.29, 1.82) is 0 Å². The van der Waals surface area contributed by atoms with Crippen LogP contribution in [0.5, 0.6) is 5.75 Å². The van der Waals surface area contributed by atoms with E-state index in [9.17, 15) is 13.2 Å². The second kappa shape index (κ2) is 11.8. The molecular formula is C25H33N3O4S2. The first-order valence-corrected chi connectivity index (χ1v) is 13.4. The lowest BCUT2D eigenvalue weighted by Gasteiger charge is -2.30. The van der Waals surface area contributed by atoms with Crippen molar-refractivity contribution in [3.63, 3.8) is 0 Å². The van der Waals surface area contributed by atoms with Crippen LogP contribution in [0.2, 0.25) is 0 Å². The highest BCUT2D eigenvalue weighted by molar-refractivity contribution is 7.89. The number of hydrogen-bond donors (Lipinski definition) is 2. The number of sulfonamides is 1. The van der Waals surface area contributed by atoms with Crippen molar-refractivity contribution in [2.45, 2.75) is 56.9 Å². The van der Waals surface area contributed by atoms with E-state index < -0.39 is 10.0 Å². The Morgan fingerprint density at radius 1 is 1.06 bits per heavy atom. The third-order valence-electron chi connectivity index (χ3n) is 5.80. The number of benzene rings is 2. The normalized spacial score (nSPS) is 14.7. The van der Waals surface area contributed by atoms with E-state index in [4.69, 9.17) is 17.0 Å². The minimum Gasteiger partial charge on any atom is -0.493 e. The fraction of sp³-hybridized carbons (Fsp3) is 0.440. The zero-order valence-corrected chi connectivity index (χ0v) is 21.5. The molecule has 9 heteroatoms. The lowest BCUT2D eigenvalue weighted by molar-refractivity contribution is 0.0977. The van der Waals surface area contributed by atoms with Crippen molar-refractivity contribution in [3.8, 4) is 5.75 Å². The Morgan fingerprint density at radius 3 is 2.26 bits per heavy atom. The van der Waals surface area contributed by atoms with Crippen LogP contribution in [0, 0.1) is 5.92 Å². The van der Waals surface area contributed by atoms with Gasteiger partial charge in [-0.25, -0.2) is 8.42 Å². The zero-order chi connectivity index (χ0) is 24.7. The summed E-state index contributed by atoms with van der Waals surface area (Å²) in [6.07, 6.45) is 5.09. The monoisotopic (exact) mass is 503 g/mol. The second-order valence-electron chi connectivity index (χ2n) is 8.97. The standard InChI is InChI=1S/C25H33N3O4S2/c1-18(2)17-32-22-13-9-19(10-14-22)24(29)27-25(33)26-20-11-15-23(16-12-20)34(30,31)28(3)21-7-5-4-6-8-21/h9-16,18,21H,4-8,17H2,1-3H3,(H2,26,27,29,33). The summed E-state index contributed by atoms with van der Waals surface area (Å²) >= 11 is 5.25. The summed E-state index contributed by atoms with van der Waals surface area (Å²) in [5.74, 6) is 0.773. The largest absolute Gasteiger partial charge is 0.493 e. The molecule has 34 heavy (non-hydrogen) atoms. The van der Waals surface area contributed by atoms with Crippen LogP contribution in [0.15, 0.2) is 53.4 Å². The molecule has 1 aliphatic carbocycles. The van der Waals surface area contributed by atoms with E-state index in [0.29, 0.717) is 29.5 Å². The van der Waals surface area contributed by atoms with Crippen LogP contribution in [0.3, 0.4) is 0 Å². The van der Waals surface area contributed by atoms with Crippen molar-refractivity contribution in [1.82, 2.24) is 9.62 Å². The van der Waals surface area contributed by atoms with Crippen LogP contribution < -0.4 is 15.4 Å². The van der Waals surface area contributed by atoms with Gasteiger partial charge in [-0.15, -0.1) is 0 Å². The number of rotatable bonds is 8. The number of thiocarbonyl (C=S) groups is 1. The van der Waals surface area contributed by atoms with Crippen molar-refractivity contribution in [3.05, 3.63) is 54.1 Å². The van der Waals surface area contributed by atoms with E-state index in [2.05, 4.69) is 24.5 Å². The van der Waals surface area contributed by atoms with Crippen LogP contribution in [0.25, 0.3) is 0 Å². The van der Waals surface area contributed by atoms with Gasteiger partial charge in [0.1, 0.15) is 5.75 Å². The number of anilines is 1. The third-order valence-corrected chi connectivity index (χ3v) is 7.93. The number of carbonyl (C=O) groups excluding carboxylic acids is 1. The SMILES string of the molecule is CC(C)COc1ccc(C(=O)NC(=S)Nc2ccc(S(=O)(=O)N(C)C3CCCCC3)cc2)cc1. The van der Waals surface area contributed by atoms with E-state index in [0.717, 1.165) is 25.7 Å². The summed E-state index contributed by atoms with van der Waals surface area (Å²) in [4.78, 5) is 12.7. The van der Waals surface area contributed by atoms with Gasteiger partial charge in [-0.05, 0) is 79.5 Å². The smallest absolute Gasteiger partial charge is 0.257 e. The van der Waals surface area contributed by atoms with E-state index in [1.807, 2.05) is 0 Å². The average molecular weight is 504 g/mol. The van der Waals surface area contributed by atoms with Gasteiger partial charge in [0.2, 0.25) is 10.0 Å². The Labute approximate surface area is 207 Å². The Hall–Kier alpha value is -2.49. The van der Waals surface area contributed by atoms with Gasteiger partial charge in [-0.1, -0.05) is 33.1 Å². The highest BCUT2D eigenvalue weighted by atomic mass is 32.2. The summed E-state index contributed by atoms with van der Waals surface area (Å²) in [7, 11) is -1.90. The molecule has 2 aromatic rings. The van der Waals surface area contributed by atoms with E-state index in [1.165, 1.54) is 10.7 Å². The molecule has 0 saturated heterocycles. The fourth-order valence-electron chi connectivity index (χ4n) is 3.82. The fourth-order valence-corrected chi connectivity index (χ4v) is 5.45. The van der Waals surface area contributed by atoms with Gasteiger partial charge in [0.05, 0.1) is 11.5 Å². The van der Waals surface area contributed by atoms with Gasteiger partial charge in [0.25, 0.3) is 5.91 Å². The van der Waals surface area contributed by atoms with Gasteiger partial charge < -0.3 is 10.1 Å². The summed E-state index contributed by atoms with van der Waals surface area (Å²) in [6.45, 7) is 4.74. The molecule has 1 aliphatic rings. The molecule has 1 saturated carbocycles. The molecule has 1 amide bonds. The van der Waals surface area contributed by atoms with E-state index in [-0.39, 0.29) is 22.0 Å². The molecule has 1 fully saturated rings.